The second-order valence-corrected chi connectivity index (χ2v) is 5.93. The van der Waals surface area contributed by atoms with Gasteiger partial charge < -0.3 is 4.74 Å². The normalized spacial score (nSPS) is 9.50. The number of hydrogen-bond acceptors (Lipinski definition) is 2. The van der Waals surface area contributed by atoms with Gasteiger partial charge in [0.05, 0.1) is 6.61 Å². The first-order chi connectivity index (χ1) is 3.68. The molecule has 0 aliphatic heterocycles. The number of esters is 1. The van der Waals surface area contributed by atoms with Crippen LogP contribution in [-0.4, -0.2) is 14.5 Å². The number of carbonyl (C=O) groups is 1. The standard InChI is InChI=1S/C4H6I2O2/c1-2-8-4(7)3(5)6/h3H,2H2,1H3. The molecule has 4 heteroatoms. The molecule has 0 radical (unpaired) electrons. The highest BCUT2D eigenvalue weighted by Gasteiger charge is 2.09. The van der Waals surface area contributed by atoms with Crippen molar-refractivity contribution in [2.24, 2.45) is 0 Å². The van der Waals surface area contributed by atoms with Gasteiger partial charge in [0.15, 0.2) is 1.93 Å². The SMILES string of the molecule is CCOC(=O)C(I)I. The van der Waals surface area contributed by atoms with E-state index < -0.39 is 0 Å². The molecule has 0 aliphatic rings. The van der Waals surface area contributed by atoms with Gasteiger partial charge >= 0.3 is 5.97 Å². The van der Waals surface area contributed by atoms with Crippen molar-refractivity contribution in [3.05, 3.63) is 0 Å². The third-order valence-electron chi connectivity index (χ3n) is 0.465. The molecule has 0 atom stereocenters. The average Bonchev–Trinajstić information content (AvgIpc) is 1.67. The highest BCUT2D eigenvalue weighted by atomic mass is 127. The number of rotatable bonds is 2. The molecule has 0 N–H and O–H groups in total. The lowest BCUT2D eigenvalue weighted by molar-refractivity contribution is -0.139. The van der Waals surface area contributed by atoms with Crippen LogP contribution in [-0.2, 0) is 9.53 Å². The Morgan fingerprint density at radius 3 is 2.38 bits per heavy atom. The Morgan fingerprint density at radius 1 is 1.75 bits per heavy atom. The monoisotopic (exact) mass is 340 g/mol. The van der Waals surface area contributed by atoms with E-state index in [1.165, 1.54) is 0 Å². The van der Waals surface area contributed by atoms with Gasteiger partial charge in [-0.2, -0.15) is 0 Å². The molecule has 0 bridgehead atoms. The lowest BCUT2D eigenvalue weighted by Crippen LogP contribution is -2.10. The van der Waals surface area contributed by atoms with Crippen LogP contribution >= 0.6 is 45.2 Å². The van der Waals surface area contributed by atoms with Gasteiger partial charge in [-0.25, -0.2) is 0 Å². The van der Waals surface area contributed by atoms with E-state index in [-0.39, 0.29) is 7.90 Å². The van der Waals surface area contributed by atoms with Crippen LogP contribution in [0.4, 0.5) is 0 Å². The van der Waals surface area contributed by atoms with E-state index in [0.29, 0.717) is 6.61 Å². The topological polar surface area (TPSA) is 26.3 Å². The van der Waals surface area contributed by atoms with E-state index >= 15 is 0 Å². The number of carbonyl (C=O) groups excluding carboxylic acids is 1. The molecule has 0 aliphatic carbocycles. The lowest BCUT2D eigenvalue weighted by Gasteiger charge is -1.99. The number of alkyl halides is 2. The van der Waals surface area contributed by atoms with Crippen LogP contribution in [0.2, 0.25) is 0 Å². The van der Waals surface area contributed by atoms with Crippen molar-refractivity contribution in [3.8, 4) is 0 Å². The Kier molecular flexibility index (Phi) is 5.33. The maximum atomic E-state index is 10.5. The van der Waals surface area contributed by atoms with Crippen LogP contribution in [0.1, 0.15) is 6.92 Å². The second kappa shape index (κ2) is 4.78. The third kappa shape index (κ3) is 3.88. The van der Waals surface area contributed by atoms with Gasteiger partial charge in [-0.05, 0) is 6.92 Å². The summed E-state index contributed by atoms with van der Waals surface area (Å²) >= 11 is 4.01. The Bertz CT molecular complexity index is 82.1. The minimum absolute atomic E-state index is 0.0508. The summed E-state index contributed by atoms with van der Waals surface area (Å²) < 4.78 is 4.60. The van der Waals surface area contributed by atoms with Crippen LogP contribution in [0.15, 0.2) is 0 Å². The molecule has 0 amide bonds. The molecule has 0 fully saturated rings. The smallest absolute Gasteiger partial charge is 0.328 e. The van der Waals surface area contributed by atoms with Crippen molar-refractivity contribution in [2.45, 2.75) is 8.86 Å². The molecule has 0 heterocycles. The van der Waals surface area contributed by atoms with Crippen molar-refractivity contribution in [3.63, 3.8) is 0 Å². The van der Waals surface area contributed by atoms with Gasteiger partial charge in [-0.15, -0.1) is 0 Å². The highest BCUT2D eigenvalue weighted by Crippen LogP contribution is 2.10. The van der Waals surface area contributed by atoms with Crippen molar-refractivity contribution in [2.75, 3.05) is 6.61 Å². The molecule has 2 nitrogen and oxygen atoms in total. The predicted octanol–water partition coefficient (Wildman–Crippen LogP) is 1.75. The van der Waals surface area contributed by atoms with E-state index in [0.717, 1.165) is 0 Å². The van der Waals surface area contributed by atoms with Gasteiger partial charge in [0.25, 0.3) is 0 Å². The van der Waals surface area contributed by atoms with Crippen LogP contribution < -0.4 is 0 Å². The number of hydrogen-bond donors (Lipinski definition) is 0. The molecular weight excluding hydrogens is 334 g/mol. The summed E-state index contributed by atoms with van der Waals surface area (Å²) in [6.45, 7) is 2.27. The molecular formula is C4H6I2O2. The quantitative estimate of drug-likeness (QED) is 0.435. The molecule has 0 saturated heterocycles. The predicted molar refractivity (Wildman–Crippen MR) is 48.5 cm³/mol. The minimum Gasteiger partial charge on any atom is -0.465 e. The molecule has 0 spiro atoms. The lowest BCUT2D eigenvalue weighted by atomic mass is 10.8. The Morgan fingerprint density at radius 2 is 2.25 bits per heavy atom. The minimum atomic E-state index is -0.145. The fourth-order valence-corrected chi connectivity index (χ4v) is 0.565. The van der Waals surface area contributed by atoms with Gasteiger partial charge in [0.1, 0.15) is 0 Å². The molecule has 0 unspecified atom stereocenters. The Balaban J connectivity index is 3.33. The molecule has 0 aromatic heterocycles. The first kappa shape index (κ1) is 8.93. The zero-order valence-electron chi connectivity index (χ0n) is 4.36. The average molecular weight is 340 g/mol. The fourth-order valence-electron chi connectivity index (χ4n) is 0.205. The van der Waals surface area contributed by atoms with E-state index in [2.05, 4.69) is 4.74 Å². The maximum Gasteiger partial charge on any atom is 0.328 e. The van der Waals surface area contributed by atoms with Gasteiger partial charge in [0.2, 0.25) is 0 Å². The fraction of sp³-hybridized carbons (Fsp3) is 0.750. The Hall–Kier alpha value is 0.930. The zero-order chi connectivity index (χ0) is 6.57. The highest BCUT2D eigenvalue weighted by molar-refractivity contribution is 14.2. The van der Waals surface area contributed by atoms with Crippen LogP contribution in [0.25, 0.3) is 0 Å². The van der Waals surface area contributed by atoms with Gasteiger partial charge in [-0.3, -0.25) is 4.79 Å². The first-order valence-electron chi connectivity index (χ1n) is 2.13. The molecule has 0 aromatic rings. The summed E-state index contributed by atoms with van der Waals surface area (Å²) in [6.07, 6.45) is 0. The molecule has 0 rings (SSSR count). The maximum absolute atomic E-state index is 10.5. The van der Waals surface area contributed by atoms with E-state index in [4.69, 9.17) is 0 Å². The van der Waals surface area contributed by atoms with Crippen LogP contribution in [0, 0.1) is 0 Å². The van der Waals surface area contributed by atoms with Crippen LogP contribution in [0.3, 0.4) is 0 Å². The van der Waals surface area contributed by atoms with Gasteiger partial charge in [0, 0.05) is 0 Å². The second-order valence-electron chi connectivity index (χ2n) is 1.05. The molecule has 0 aromatic carbocycles. The summed E-state index contributed by atoms with van der Waals surface area (Å²) in [7, 11) is 0. The largest absolute Gasteiger partial charge is 0.465 e. The van der Waals surface area contributed by atoms with Crippen molar-refractivity contribution >= 4 is 51.2 Å². The van der Waals surface area contributed by atoms with E-state index in [1.54, 1.807) is 6.92 Å². The van der Waals surface area contributed by atoms with Crippen molar-refractivity contribution in [1.29, 1.82) is 0 Å². The number of halogens is 2. The van der Waals surface area contributed by atoms with E-state index in [9.17, 15) is 4.79 Å². The summed E-state index contributed by atoms with van der Waals surface area (Å²) in [5, 5.41) is 0. The summed E-state index contributed by atoms with van der Waals surface area (Å²) in [6, 6.07) is 0. The Labute approximate surface area is 75.6 Å². The number of ether oxygens (including phenoxy) is 1. The third-order valence-corrected chi connectivity index (χ3v) is 1.48. The molecule has 8 heavy (non-hydrogen) atoms. The first-order valence-corrected chi connectivity index (χ1v) is 4.62. The van der Waals surface area contributed by atoms with E-state index in [1.807, 2.05) is 45.2 Å². The van der Waals surface area contributed by atoms with Crippen LogP contribution in [0.5, 0.6) is 0 Å². The summed E-state index contributed by atoms with van der Waals surface area (Å²) in [5.41, 5.74) is 0. The van der Waals surface area contributed by atoms with Gasteiger partial charge in [-0.1, -0.05) is 45.2 Å². The van der Waals surface area contributed by atoms with Crippen molar-refractivity contribution in [1.82, 2.24) is 0 Å². The summed E-state index contributed by atoms with van der Waals surface area (Å²) in [5.74, 6) is -0.145. The molecule has 0 saturated carbocycles. The van der Waals surface area contributed by atoms with Crippen molar-refractivity contribution < 1.29 is 9.53 Å². The molecule has 48 valence electrons. The summed E-state index contributed by atoms with van der Waals surface area (Å²) in [4.78, 5) is 10.5. The zero-order valence-corrected chi connectivity index (χ0v) is 8.67.